The number of benzene rings is 2. The Labute approximate surface area is 208 Å². The van der Waals surface area contributed by atoms with Gasteiger partial charge in [-0.1, -0.05) is 41.9 Å². The Balaban J connectivity index is 1.49. The summed E-state index contributed by atoms with van der Waals surface area (Å²) in [5.74, 6) is -0.207. The first kappa shape index (κ1) is 22.8. The lowest BCUT2D eigenvalue weighted by Crippen LogP contribution is -2.14. The van der Waals surface area contributed by atoms with Crippen LogP contribution in [0, 0.1) is 13.8 Å². The molecule has 0 radical (unpaired) electrons. The highest BCUT2D eigenvalue weighted by Crippen LogP contribution is 2.27. The van der Waals surface area contributed by atoms with E-state index in [0.717, 1.165) is 40.0 Å². The van der Waals surface area contributed by atoms with E-state index in [9.17, 15) is 4.79 Å². The average molecular weight is 485 g/mol. The molecule has 3 heterocycles. The topological polar surface area (TPSA) is 77.6 Å². The summed E-state index contributed by atoms with van der Waals surface area (Å²) >= 11 is 6.14. The maximum atomic E-state index is 13.6. The quantitative estimate of drug-likeness (QED) is 0.326. The van der Waals surface area contributed by atoms with Gasteiger partial charge in [0.05, 0.1) is 46.6 Å². The van der Waals surface area contributed by atoms with Crippen LogP contribution in [0.15, 0.2) is 67.0 Å². The fourth-order valence-electron chi connectivity index (χ4n) is 4.20. The number of nitrogens with zero attached hydrogens (tertiary/aromatic N) is 5. The van der Waals surface area contributed by atoms with Gasteiger partial charge in [0.15, 0.2) is 0 Å². The monoisotopic (exact) mass is 484 g/mol. The Bertz CT molecular complexity index is 1550. The first-order chi connectivity index (χ1) is 16.9. The van der Waals surface area contributed by atoms with Gasteiger partial charge in [0.2, 0.25) is 0 Å². The van der Waals surface area contributed by atoms with E-state index >= 15 is 0 Å². The molecule has 0 saturated heterocycles. The van der Waals surface area contributed by atoms with Crippen molar-refractivity contribution in [2.75, 3.05) is 5.32 Å². The molecule has 0 atom stereocenters. The third-order valence-corrected chi connectivity index (χ3v) is 6.29. The number of aromatic nitrogens is 5. The van der Waals surface area contributed by atoms with Crippen molar-refractivity contribution in [2.45, 2.75) is 33.9 Å². The van der Waals surface area contributed by atoms with E-state index in [-0.39, 0.29) is 5.91 Å². The van der Waals surface area contributed by atoms with Crippen molar-refractivity contribution >= 4 is 34.1 Å². The number of halogens is 1. The Kier molecular flexibility index (Phi) is 6.09. The number of pyridine rings is 1. The van der Waals surface area contributed by atoms with Gasteiger partial charge in [-0.05, 0) is 50.6 Å². The maximum absolute atomic E-state index is 13.6. The fraction of sp³-hybridized carbons (Fsp3) is 0.185. The molecule has 0 fully saturated rings. The highest BCUT2D eigenvalue weighted by atomic mass is 35.5. The van der Waals surface area contributed by atoms with Crippen LogP contribution in [0.1, 0.15) is 34.2 Å². The van der Waals surface area contributed by atoms with Crippen LogP contribution in [0.3, 0.4) is 0 Å². The van der Waals surface area contributed by atoms with Crippen molar-refractivity contribution in [1.82, 2.24) is 24.5 Å². The van der Waals surface area contributed by atoms with Gasteiger partial charge >= 0.3 is 0 Å². The van der Waals surface area contributed by atoms with Crippen LogP contribution < -0.4 is 5.32 Å². The second kappa shape index (κ2) is 9.35. The van der Waals surface area contributed by atoms with E-state index in [4.69, 9.17) is 16.6 Å². The smallest absolute Gasteiger partial charge is 0.256 e. The summed E-state index contributed by atoms with van der Waals surface area (Å²) in [5, 5.41) is 13.6. The van der Waals surface area contributed by atoms with E-state index in [1.165, 1.54) is 0 Å². The lowest BCUT2D eigenvalue weighted by Gasteiger charge is -2.11. The third-order valence-electron chi connectivity index (χ3n) is 6.06. The Morgan fingerprint density at radius 1 is 1.09 bits per heavy atom. The molecule has 0 aliphatic rings. The molecule has 176 valence electrons. The summed E-state index contributed by atoms with van der Waals surface area (Å²) < 4.78 is 3.72. The zero-order chi connectivity index (χ0) is 24.5. The van der Waals surface area contributed by atoms with E-state index in [1.54, 1.807) is 6.20 Å². The molecule has 1 amide bonds. The second-order valence-corrected chi connectivity index (χ2v) is 8.88. The third kappa shape index (κ3) is 4.55. The summed E-state index contributed by atoms with van der Waals surface area (Å²) in [4.78, 5) is 18.4. The molecule has 35 heavy (non-hydrogen) atoms. The molecule has 0 bridgehead atoms. The molecule has 0 saturated carbocycles. The van der Waals surface area contributed by atoms with Crippen LogP contribution in [0.2, 0.25) is 5.02 Å². The number of para-hydroxylation sites is 1. The molecule has 5 rings (SSSR count). The number of hydrogen-bond donors (Lipinski definition) is 1. The first-order valence-corrected chi connectivity index (χ1v) is 11.8. The number of amides is 1. The van der Waals surface area contributed by atoms with Crippen LogP contribution in [0.25, 0.3) is 22.2 Å². The van der Waals surface area contributed by atoms with E-state index in [2.05, 4.69) is 15.5 Å². The molecular formula is C27H25ClN6O. The normalized spacial score (nSPS) is 11.2. The predicted octanol–water partition coefficient (Wildman–Crippen LogP) is 5.89. The number of aryl methyl sites for hydroxylation is 2. The SMILES string of the molecule is CCn1cc(-c2cc(C(=O)Nc3c(C)nn(Cc4cccc(Cl)c4)c3C)c3ccccc3n2)cn1. The fourth-order valence-corrected chi connectivity index (χ4v) is 4.41. The number of fused-ring (bicyclic) bond motifs is 1. The summed E-state index contributed by atoms with van der Waals surface area (Å²) in [6, 6.07) is 17.2. The lowest BCUT2D eigenvalue weighted by molar-refractivity contribution is 0.102. The molecule has 7 nitrogen and oxygen atoms in total. The number of carbonyl (C=O) groups excluding carboxylic acids is 1. The van der Waals surface area contributed by atoms with Crippen LogP contribution in [0.5, 0.6) is 0 Å². The van der Waals surface area contributed by atoms with Gasteiger partial charge in [-0.15, -0.1) is 0 Å². The highest BCUT2D eigenvalue weighted by Gasteiger charge is 2.19. The van der Waals surface area contributed by atoms with Crippen molar-refractivity contribution in [2.24, 2.45) is 0 Å². The minimum Gasteiger partial charge on any atom is -0.319 e. The van der Waals surface area contributed by atoms with Gasteiger partial charge in [-0.3, -0.25) is 14.2 Å². The van der Waals surface area contributed by atoms with Crippen molar-refractivity contribution < 1.29 is 4.79 Å². The largest absolute Gasteiger partial charge is 0.319 e. The second-order valence-electron chi connectivity index (χ2n) is 8.44. The Hall–Kier alpha value is -3.97. The molecule has 5 aromatic rings. The number of nitrogens with one attached hydrogen (secondary N) is 1. The maximum Gasteiger partial charge on any atom is 0.256 e. The Morgan fingerprint density at radius 2 is 1.91 bits per heavy atom. The predicted molar refractivity (Wildman–Crippen MR) is 139 cm³/mol. The number of anilines is 1. The number of carbonyl (C=O) groups is 1. The van der Waals surface area contributed by atoms with Gasteiger partial charge in [-0.25, -0.2) is 4.98 Å². The van der Waals surface area contributed by atoms with Crippen LogP contribution in [-0.4, -0.2) is 30.5 Å². The zero-order valence-electron chi connectivity index (χ0n) is 19.8. The molecule has 0 aliphatic heterocycles. The molecule has 1 N–H and O–H groups in total. The molecule has 0 spiro atoms. The van der Waals surface area contributed by atoms with Crippen molar-refractivity contribution in [3.05, 3.63) is 94.5 Å². The minimum atomic E-state index is -0.207. The summed E-state index contributed by atoms with van der Waals surface area (Å²) in [7, 11) is 0. The molecule has 0 unspecified atom stereocenters. The van der Waals surface area contributed by atoms with Crippen LogP contribution >= 0.6 is 11.6 Å². The van der Waals surface area contributed by atoms with Crippen LogP contribution in [0.4, 0.5) is 5.69 Å². The number of rotatable bonds is 6. The molecule has 2 aromatic carbocycles. The molecule has 8 heteroatoms. The van der Waals surface area contributed by atoms with E-state index in [1.807, 2.05) is 90.9 Å². The van der Waals surface area contributed by atoms with Gasteiger partial charge in [0.25, 0.3) is 5.91 Å². The van der Waals surface area contributed by atoms with Crippen molar-refractivity contribution in [3.63, 3.8) is 0 Å². The van der Waals surface area contributed by atoms with Crippen LogP contribution in [-0.2, 0) is 13.1 Å². The van der Waals surface area contributed by atoms with Gasteiger partial charge in [0, 0.05) is 28.7 Å². The minimum absolute atomic E-state index is 0.207. The highest BCUT2D eigenvalue weighted by molar-refractivity contribution is 6.30. The Morgan fingerprint density at radius 3 is 2.69 bits per heavy atom. The summed E-state index contributed by atoms with van der Waals surface area (Å²) in [6.07, 6.45) is 3.71. The molecule has 0 aliphatic carbocycles. The average Bonchev–Trinajstić information content (AvgIpc) is 3.44. The standard InChI is InChI=1S/C27H25ClN6O/c1-4-33-16-20(14-29-33)25-13-23(22-10-5-6-11-24(22)30-25)27(35)31-26-17(2)32-34(18(26)3)15-19-8-7-9-21(28)12-19/h5-14,16H,4,15H2,1-3H3,(H,31,35). The van der Waals surface area contributed by atoms with Crippen molar-refractivity contribution in [3.8, 4) is 11.3 Å². The summed E-state index contributed by atoms with van der Waals surface area (Å²) in [6.45, 7) is 7.20. The van der Waals surface area contributed by atoms with Crippen molar-refractivity contribution in [1.29, 1.82) is 0 Å². The zero-order valence-corrected chi connectivity index (χ0v) is 20.5. The van der Waals surface area contributed by atoms with Gasteiger partial charge in [0.1, 0.15) is 0 Å². The van der Waals surface area contributed by atoms with E-state index < -0.39 is 0 Å². The van der Waals surface area contributed by atoms with E-state index in [0.29, 0.717) is 28.5 Å². The summed E-state index contributed by atoms with van der Waals surface area (Å²) in [5.41, 5.74) is 6.25. The lowest BCUT2D eigenvalue weighted by atomic mass is 10.0. The first-order valence-electron chi connectivity index (χ1n) is 11.5. The number of hydrogen-bond acceptors (Lipinski definition) is 4. The van der Waals surface area contributed by atoms with Gasteiger partial charge in [-0.2, -0.15) is 10.2 Å². The van der Waals surface area contributed by atoms with Gasteiger partial charge < -0.3 is 5.32 Å². The molecular weight excluding hydrogens is 460 g/mol. The molecule has 3 aromatic heterocycles.